The second kappa shape index (κ2) is 4.84. The molecule has 1 unspecified atom stereocenters. The Bertz CT molecular complexity index is 735. The van der Waals surface area contributed by atoms with Crippen LogP contribution in [0, 0.1) is 11.8 Å². The summed E-state index contributed by atoms with van der Waals surface area (Å²) in [6, 6.07) is 15.1. The van der Waals surface area contributed by atoms with Gasteiger partial charge in [0.1, 0.15) is 0 Å². The summed E-state index contributed by atoms with van der Waals surface area (Å²) in [5.41, 5.74) is 0.952. The van der Waals surface area contributed by atoms with E-state index in [1.165, 1.54) is 35.6 Å². The molecule has 0 saturated heterocycles. The van der Waals surface area contributed by atoms with E-state index in [2.05, 4.69) is 42.5 Å². The zero-order valence-corrected chi connectivity index (χ0v) is 13.4. The molecule has 0 N–H and O–H groups in total. The Hall–Kier alpha value is -1.83. The number of carbonyl (C=O) groups excluding carboxylic acids is 1. The van der Waals surface area contributed by atoms with Gasteiger partial charge in [-0.3, -0.25) is 4.79 Å². The summed E-state index contributed by atoms with van der Waals surface area (Å²) in [4.78, 5) is 14.9. The van der Waals surface area contributed by atoms with E-state index in [-0.39, 0.29) is 5.41 Å². The first-order valence-electron chi connectivity index (χ1n) is 8.32. The lowest BCUT2D eigenvalue weighted by Gasteiger charge is -2.39. The molecule has 114 valence electrons. The molecule has 0 radical (unpaired) electrons. The highest BCUT2D eigenvalue weighted by Gasteiger charge is 2.56. The largest absolute Gasteiger partial charge is 0.348 e. The number of hydrogen-bond donors (Lipinski definition) is 0. The van der Waals surface area contributed by atoms with Gasteiger partial charge in [0.05, 0.1) is 5.41 Å². The Morgan fingerprint density at radius 2 is 1.86 bits per heavy atom. The van der Waals surface area contributed by atoms with Gasteiger partial charge in [0.25, 0.3) is 0 Å². The second-order valence-corrected chi connectivity index (χ2v) is 7.31. The van der Waals surface area contributed by atoms with Gasteiger partial charge in [0, 0.05) is 14.1 Å². The summed E-state index contributed by atoms with van der Waals surface area (Å²) >= 11 is 0. The molecule has 2 aliphatic carbocycles. The van der Waals surface area contributed by atoms with Crippen molar-refractivity contribution in [2.75, 3.05) is 14.1 Å². The van der Waals surface area contributed by atoms with Crippen molar-refractivity contribution in [2.45, 2.75) is 31.1 Å². The fraction of sp³-hybridized carbons (Fsp3) is 0.450. The lowest BCUT2D eigenvalue weighted by molar-refractivity contribution is -0.137. The molecular weight excluding hydrogens is 270 g/mol. The number of hydrogen-bond acceptors (Lipinski definition) is 1. The van der Waals surface area contributed by atoms with Gasteiger partial charge < -0.3 is 4.90 Å². The van der Waals surface area contributed by atoms with E-state index < -0.39 is 0 Å². The van der Waals surface area contributed by atoms with Crippen molar-refractivity contribution in [3.8, 4) is 0 Å². The number of likely N-dealkylation sites (N-methyl/N-ethyl adjacent to an activating group) is 1. The van der Waals surface area contributed by atoms with Gasteiger partial charge in [-0.2, -0.15) is 0 Å². The van der Waals surface area contributed by atoms with Crippen LogP contribution in [0.25, 0.3) is 10.8 Å². The molecule has 0 aliphatic heterocycles. The SMILES string of the molecule is CN(C)C(=O)C1(c2ccc3ccccc3c2)C[C@H]2CC[C@H]1C2. The molecule has 2 fully saturated rings. The molecule has 0 heterocycles. The van der Waals surface area contributed by atoms with E-state index in [9.17, 15) is 4.79 Å². The average Bonchev–Trinajstić information content (AvgIpc) is 3.15. The van der Waals surface area contributed by atoms with Gasteiger partial charge in [-0.25, -0.2) is 0 Å². The summed E-state index contributed by atoms with van der Waals surface area (Å²) in [5.74, 6) is 1.56. The molecule has 22 heavy (non-hydrogen) atoms. The van der Waals surface area contributed by atoms with Crippen LogP contribution in [0.3, 0.4) is 0 Å². The van der Waals surface area contributed by atoms with Crippen molar-refractivity contribution in [3.05, 3.63) is 48.0 Å². The molecule has 2 saturated carbocycles. The molecule has 2 nitrogen and oxygen atoms in total. The molecule has 2 aliphatic rings. The van der Waals surface area contributed by atoms with Crippen LogP contribution < -0.4 is 0 Å². The minimum absolute atomic E-state index is 0.281. The maximum absolute atomic E-state index is 13.1. The lowest BCUT2D eigenvalue weighted by Crippen LogP contribution is -2.47. The molecular formula is C20H23NO. The average molecular weight is 293 g/mol. The van der Waals surface area contributed by atoms with Crippen molar-refractivity contribution in [2.24, 2.45) is 11.8 Å². The minimum atomic E-state index is -0.281. The highest BCUT2D eigenvalue weighted by molar-refractivity contribution is 5.91. The summed E-state index contributed by atoms with van der Waals surface area (Å²) in [5, 5.41) is 2.50. The quantitative estimate of drug-likeness (QED) is 0.820. The Morgan fingerprint density at radius 3 is 2.50 bits per heavy atom. The standard InChI is InChI=1S/C20H23NO/c1-21(2)19(22)20(13-14-7-9-17(20)11-14)18-10-8-15-5-3-4-6-16(15)12-18/h3-6,8,10,12,14,17H,7,9,11,13H2,1-2H3/t14-,17-,20?/m0/s1. The van der Waals surface area contributed by atoms with Crippen molar-refractivity contribution < 1.29 is 4.79 Å². The summed E-state index contributed by atoms with van der Waals surface area (Å²) in [6.07, 6.45) is 4.78. The number of rotatable bonds is 2. The Labute approximate surface area is 132 Å². The van der Waals surface area contributed by atoms with E-state index in [1.807, 2.05) is 14.1 Å². The molecule has 2 aromatic carbocycles. The summed E-state index contributed by atoms with van der Waals surface area (Å²) in [6.45, 7) is 0. The molecule has 3 atom stereocenters. The van der Waals surface area contributed by atoms with Crippen LogP contribution in [0.2, 0.25) is 0 Å². The molecule has 0 aromatic heterocycles. The maximum Gasteiger partial charge on any atom is 0.233 e. The zero-order chi connectivity index (χ0) is 15.3. The van der Waals surface area contributed by atoms with Crippen LogP contribution in [0.4, 0.5) is 0 Å². The zero-order valence-electron chi connectivity index (χ0n) is 13.4. The fourth-order valence-electron chi connectivity index (χ4n) is 4.93. The minimum Gasteiger partial charge on any atom is -0.348 e. The first-order chi connectivity index (χ1) is 10.6. The van der Waals surface area contributed by atoms with Crippen LogP contribution in [-0.2, 0) is 10.2 Å². The van der Waals surface area contributed by atoms with Crippen molar-refractivity contribution in [1.29, 1.82) is 0 Å². The van der Waals surface area contributed by atoms with Crippen molar-refractivity contribution in [1.82, 2.24) is 4.90 Å². The number of amides is 1. The number of benzene rings is 2. The monoisotopic (exact) mass is 293 g/mol. The van der Waals surface area contributed by atoms with Gasteiger partial charge in [0.2, 0.25) is 5.91 Å². The van der Waals surface area contributed by atoms with Crippen LogP contribution in [0.15, 0.2) is 42.5 Å². The first-order valence-corrected chi connectivity index (χ1v) is 8.32. The van der Waals surface area contributed by atoms with Gasteiger partial charge in [-0.15, -0.1) is 0 Å². The van der Waals surface area contributed by atoms with Gasteiger partial charge in [0.15, 0.2) is 0 Å². The van der Waals surface area contributed by atoms with E-state index >= 15 is 0 Å². The van der Waals surface area contributed by atoms with Gasteiger partial charge in [-0.1, -0.05) is 48.9 Å². The lowest BCUT2D eigenvalue weighted by atomic mass is 9.67. The Kier molecular flexibility index (Phi) is 3.04. The third-order valence-electron chi connectivity index (χ3n) is 5.90. The fourth-order valence-corrected chi connectivity index (χ4v) is 4.93. The second-order valence-electron chi connectivity index (χ2n) is 7.31. The van der Waals surface area contributed by atoms with E-state index in [4.69, 9.17) is 0 Å². The molecule has 0 spiro atoms. The molecule has 2 heteroatoms. The first kappa shape index (κ1) is 13.8. The molecule has 2 aromatic rings. The third-order valence-corrected chi connectivity index (χ3v) is 5.90. The number of nitrogens with zero attached hydrogens (tertiary/aromatic N) is 1. The van der Waals surface area contributed by atoms with Crippen LogP contribution >= 0.6 is 0 Å². The van der Waals surface area contributed by atoms with Gasteiger partial charge >= 0.3 is 0 Å². The summed E-state index contributed by atoms with van der Waals surface area (Å²) < 4.78 is 0. The predicted octanol–water partition coefficient (Wildman–Crippen LogP) is 3.99. The van der Waals surface area contributed by atoms with E-state index in [0.717, 1.165) is 12.3 Å². The number of fused-ring (bicyclic) bond motifs is 3. The third kappa shape index (κ3) is 1.83. The number of carbonyl (C=O) groups is 1. The molecule has 4 rings (SSSR count). The highest BCUT2D eigenvalue weighted by Crippen LogP contribution is 2.57. The smallest absolute Gasteiger partial charge is 0.233 e. The summed E-state index contributed by atoms with van der Waals surface area (Å²) in [7, 11) is 3.80. The highest BCUT2D eigenvalue weighted by atomic mass is 16.2. The maximum atomic E-state index is 13.1. The Balaban J connectivity index is 1.88. The van der Waals surface area contributed by atoms with Crippen molar-refractivity contribution in [3.63, 3.8) is 0 Å². The van der Waals surface area contributed by atoms with Crippen LogP contribution in [0.1, 0.15) is 31.2 Å². The predicted molar refractivity (Wildman–Crippen MR) is 89.8 cm³/mol. The van der Waals surface area contributed by atoms with Gasteiger partial charge in [-0.05, 0) is 47.4 Å². The van der Waals surface area contributed by atoms with Crippen LogP contribution in [-0.4, -0.2) is 24.9 Å². The topological polar surface area (TPSA) is 20.3 Å². The Morgan fingerprint density at radius 1 is 1.09 bits per heavy atom. The van der Waals surface area contributed by atoms with Crippen molar-refractivity contribution >= 4 is 16.7 Å². The normalized spacial score (nSPS) is 29.9. The molecule has 2 bridgehead atoms. The van der Waals surface area contributed by atoms with E-state index in [0.29, 0.717) is 11.8 Å². The van der Waals surface area contributed by atoms with Crippen LogP contribution in [0.5, 0.6) is 0 Å². The van der Waals surface area contributed by atoms with E-state index in [1.54, 1.807) is 4.90 Å². The molecule has 1 amide bonds.